The van der Waals surface area contributed by atoms with Gasteiger partial charge in [-0.15, -0.1) is 0 Å². The minimum atomic E-state index is -0.753. The van der Waals surface area contributed by atoms with Crippen LogP contribution in [0.4, 0.5) is 5.82 Å². The third-order valence-corrected chi connectivity index (χ3v) is 4.04. The fourth-order valence-electron chi connectivity index (χ4n) is 2.53. The predicted molar refractivity (Wildman–Crippen MR) is 84.0 cm³/mol. The van der Waals surface area contributed by atoms with E-state index in [-0.39, 0.29) is 5.41 Å². The standard InChI is InChI=1S/C16H25N3O3/c1-15(2,3)13-17-11(9-22-5)8-12(18-13)19-7-6-16(4,10-19)14(20)21/h8H,6-7,9-10H2,1-5H3,(H,20,21). The van der Waals surface area contributed by atoms with Gasteiger partial charge < -0.3 is 14.7 Å². The lowest BCUT2D eigenvalue weighted by Crippen LogP contribution is -2.32. The zero-order valence-corrected chi connectivity index (χ0v) is 14.0. The Bertz CT molecular complexity index is 568. The molecule has 122 valence electrons. The molecular formula is C16H25N3O3. The molecule has 22 heavy (non-hydrogen) atoms. The Balaban J connectivity index is 2.35. The molecule has 2 heterocycles. The van der Waals surface area contributed by atoms with E-state index >= 15 is 0 Å². The zero-order chi connectivity index (χ0) is 16.5. The Morgan fingerprint density at radius 2 is 2.14 bits per heavy atom. The molecule has 0 spiro atoms. The van der Waals surface area contributed by atoms with E-state index in [9.17, 15) is 9.90 Å². The summed E-state index contributed by atoms with van der Waals surface area (Å²) >= 11 is 0. The minimum absolute atomic E-state index is 0.172. The van der Waals surface area contributed by atoms with Crippen LogP contribution >= 0.6 is 0 Å². The quantitative estimate of drug-likeness (QED) is 0.919. The zero-order valence-electron chi connectivity index (χ0n) is 14.0. The summed E-state index contributed by atoms with van der Waals surface area (Å²) in [6.45, 7) is 9.56. The summed E-state index contributed by atoms with van der Waals surface area (Å²) in [5.41, 5.74) is -0.0656. The second kappa shape index (κ2) is 5.83. The van der Waals surface area contributed by atoms with Crippen LogP contribution in [-0.2, 0) is 21.6 Å². The van der Waals surface area contributed by atoms with Crippen molar-refractivity contribution >= 4 is 11.8 Å². The number of nitrogens with zero attached hydrogens (tertiary/aromatic N) is 3. The molecule has 2 rings (SSSR count). The van der Waals surface area contributed by atoms with E-state index < -0.39 is 11.4 Å². The molecule has 0 aromatic carbocycles. The number of aliphatic carboxylic acids is 1. The van der Waals surface area contributed by atoms with Crippen LogP contribution in [0.1, 0.15) is 45.6 Å². The van der Waals surface area contributed by atoms with E-state index in [2.05, 4.69) is 30.7 Å². The molecule has 1 aromatic heterocycles. The lowest BCUT2D eigenvalue weighted by Gasteiger charge is -2.24. The molecule has 1 saturated heterocycles. The predicted octanol–water partition coefficient (Wildman–Crippen LogP) is 2.22. The van der Waals surface area contributed by atoms with Crippen molar-refractivity contribution in [3.8, 4) is 0 Å². The van der Waals surface area contributed by atoms with Crippen molar-refractivity contribution in [2.75, 3.05) is 25.1 Å². The van der Waals surface area contributed by atoms with Crippen molar-refractivity contribution < 1.29 is 14.6 Å². The van der Waals surface area contributed by atoms with Crippen molar-refractivity contribution in [1.29, 1.82) is 0 Å². The van der Waals surface area contributed by atoms with E-state index in [0.29, 0.717) is 26.1 Å². The van der Waals surface area contributed by atoms with Crippen LogP contribution in [0.25, 0.3) is 0 Å². The molecule has 0 saturated carbocycles. The van der Waals surface area contributed by atoms with E-state index in [1.807, 2.05) is 11.0 Å². The van der Waals surface area contributed by atoms with Gasteiger partial charge in [-0.25, -0.2) is 9.97 Å². The van der Waals surface area contributed by atoms with Crippen molar-refractivity contribution in [3.05, 3.63) is 17.6 Å². The largest absolute Gasteiger partial charge is 0.481 e. The van der Waals surface area contributed by atoms with Gasteiger partial charge in [0.15, 0.2) is 0 Å². The Morgan fingerprint density at radius 3 is 2.64 bits per heavy atom. The summed E-state index contributed by atoms with van der Waals surface area (Å²) in [5.74, 6) is 0.787. The lowest BCUT2D eigenvalue weighted by atomic mass is 9.90. The highest BCUT2D eigenvalue weighted by Crippen LogP contribution is 2.33. The first-order valence-corrected chi connectivity index (χ1v) is 7.51. The third-order valence-electron chi connectivity index (χ3n) is 4.04. The maximum Gasteiger partial charge on any atom is 0.311 e. The van der Waals surface area contributed by atoms with Crippen LogP contribution in [0.15, 0.2) is 6.07 Å². The Labute approximate surface area is 131 Å². The molecule has 0 aliphatic carbocycles. The van der Waals surface area contributed by atoms with Crippen molar-refractivity contribution in [1.82, 2.24) is 9.97 Å². The van der Waals surface area contributed by atoms with Crippen molar-refractivity contribution in [2.45, 2.75) is 46.1 Å². The number of hydrogen-bond donors (Lipinski definition) is 1. The molecule has 6 heteroatoms. The molecule has 1 unspecified atom stereocenters. The van der Waals surface area contributed by atoms with Crippen LogP contribution in [0.2, 0.25) is 0 Å². The summed E-state index contributed by atoms with van der Waals surface area (Å²) in [4.78, 5) is 22.7. The molecule has 0 amide bonds. The molecule has 1 fully saturated rings. The maximum atomic E-state index is 11.4. The van der Waals surface area contributed by atoms with E-state index in [4.69, 9.17) is 4.74 Å². The van der Waals surface area contributed by atoms with E-state index in [0.717, 1.165) is 17.3 Å². The van der Waals surface area contributed by atoms with Gasteiger partial charge in [0.2, 0.25) is 0 Å². The van der Waals surface area contributed by atoms with Gasteiger partial charge in [-0.05, 0) is 13.3 Å². The smallest absolute Gasteiger partial charge is 0.311 e. The van der Waals surface area contributed by atoms with Gasteiger partial charge in [-0.3, -0.25) is 4.79 Å². The van der Waals surface area contributed by atoms with Crippen LogP contribution in [0, 0.1) is 5.41 Å². The van der Waals surface area contributed by atoms with Crippen LogP contribution in [-0.4, -0.2) is 41.2 Å². The SMILES string of the molecule is COCc1cc(N2CCC(C)(C(=O)O)C2)nc(C(C)(C)C)n1. The van der Waals surface area contributed by atoms with Gasteiger partial charge in [0.1, 0.15) is 11.6 Å². The first kappa shape index (κ1) is 16.7. The van der Waals surface area contributed by atoms with Gasteiger partial charge >= 0.3 is 5.97 Å². The number of aromatic nitrogens is 2. The lowest BCUT2D eigenvalue weighted by molar-refractivity contribution is -0.146. The number of rotatable bonds is 4. The fourth-order valence-corrected chi connectivity index (χ4v) is 2.53. The van der Waals surface area contributed by atoms with Crippen LogP contribution in [0.3, 0.4) is 0 Å². The Kier molecular flexibility index (Phi) is 4.42. The number of carboxylic acid groups (broad SMARTS) is 1. The van der Waals surface area contributed by atoms with E-state index in [1.54, 1.807) is 14.0 Å². The van der Waals surface area contributed by atoms with Crippen molar-refractivity contribution in [3.63, 3.8) is 0 Å². The van der Waals surface area contributed by atoms with Crippen LogP contribution in [0.5, 0.6) is 0 Å². The normalized spacial score (nSPS) is 22.1. The summed E-state index contributed by atoms with van der Waals surface area (Å²) < 4.78 is 5.19. The number of ether oxygens (including phenoxy) is 1. The first-order chi connectivity index (χ1) is 10.2. The Hall–Kier alpha value is -1.69. The number of anilines is 1. The average molecular weight is 307 g/mol. The van der Waals surface area contributed by atoms with Crippen LogP contribution < -0.4 is 4.90 Å². The third kappa shape index (κ3) is 3.38. The molecule has 1 atom stereocenters. The molecule has 6 nitrogen and oxygen atoms in total. The number of methoxy groups -OCH3 is 1. The number of carbonyl (C=O) groups is 1. The molecule has 0 radical (unpaired) electrons. The minimum Gasteiger partial charge on any atom is -0.481 e. The van der Waals surface area contributed by atoms with Gasteiger partial charge in [-0.2, -0.15) is 0 Å². The highest BCUT2D eigenvalue weighted by molar-refractivity contribution is 5.76. The van der Waals surface area contributed by atoms with E-state index in [1.165, 1.54) is 0 Å². The second-order valence-electron chi connectivity index (χ2n) is 7.26. The number of hydrogen-bond acceptors (Lipinski definition) is 5. The molecule has 1 N–H and O–H groups in total. The molecular weight excluding hydrogens is 282 g/mol. The molecule has 1 aromatic rings. The fraction of sp³-hybridized carbons (Fsp3) is 0.688. The van der Waals surface area contributed by atoms with Gasteiger partial charge in [-0.1, -0.05) is 20.8 Å². The molecule has 0 bridgehead atoms. The average Bonchev–Trinajstić information content (AvgIpc) is 2.82. The second-order valence-corrected chi connectivity index (χ2v) is 7.26. The summed E-state index contributed by atoms with van der Waals surface area (Å²) in [6, 6.07) is 1.90. The maximum absolute atomic E-state index is 11.4. The number of carboxylic acids is 1. The summed E-state index contributed by atoms with van der Waals surface area (Å²) in [6.07, 6.45) is 0.622. The van der Waals surface area contributed by atoms with Crippen molar-refractivity contribution in [2.24, 2.45) is 5.41 Å². The monoisotopic (exact) mass is 307 g/mol. The van der Waals surface area contributed by atoms with Gasteiger partial charge in [0, 0.05) is 31.7 Å². The topological polar surface area (TPSA) is 75.5 Å². The summed E-state index contributed by atoms with van der Waals surface area (Å²) in [5, 5.41) is 9.38. The molecule has 1 aliphatic rings. The van der Waals surface area contributed by atoms with Gasteiger partial charge in [0.25, 0.3) is 0 Å². The Morgan fingerprint density at radius 1 is 1.45 bits per heavy atom. The highest BCUT2D eigenvalue weighted by atomic mass is 16.5. The van der Waals surface area contributed by atoms with Gasteiger partial charge in [0.05, 0.1) is 17.7 Å². The highest BCUT2D eigenvalue weighted by Gasteiger charge is 2.41. The summed E-state index contributed by atoms with van der Waals surface area (Å²) in [7, 11) is 1.63. The first-order valence-electron chi connectivity index (χ1n) is 7.51. The molecule has 1 aliphatic heterocycles.